The maximum absolute atomic E-state index is 4.59. The molecule has 0 unspecified atom stereocenters. The average molecular weight is 287 g/mol. The summed E-state index contributed by atoms with van der Waals surface area (Å²) in [5, 5.41) is 3.01. The third kappa shape index (κ3) is 2.96. The van der Waals surface area contributed by atoms with Gasteiger partial charge in [-0.3, -0.25) is 4.57 Å². The quantitative estimate of drug-likeness (QED) is 0.872. The minimum atomic E-state index is 0.579. The van der Waals surface area contributed by atoms with E-state index in [1.807, 2.05) is 13.2 Å². The minimum Gasteiger partial charge on any atom is -0.357 e. The van der Waals surface area contributed by atoms with E-state index in [1.54, 1.807) is 17.1 Å². The molecule has 1 aliphatic carbocycles. The molecular weight excluding hydrogens is 266 g/mol. The molecule has 1 aliphatic rings. The topological polar surface area (TPSA) is 71.8 Å². The molecule has 0 aliphatic heterocycles. The van der Waals surface area contributed by atoms with Crippen LogP contribution in [-0.2, 0) is 0 Å². The van der Waals surface area contributed by atoms with Crippen molar-refractivity contribution in [3.8, 4) is 5.95 Å². The van der Waals surface area contributed by atoms with Crippen molar-refractivity contribution in [2.75, 3.05) is 30.4 Å². The van der Waals surface area contributed by atoms with Gasteiger partial charge in [-0.1, -0.05) is 6.42 Å². The zero-order chi connectivity index (χ0) is 14.7. The predicted molar refractivity (Wildman–Crippen MR) is 81.7 cm³/mol. The Labute approximate surface area is 124 Å². The number of rotatable bonds is 6. The SMILES string of the molecule is CCN(CC1CCC1)c1nc(NC)nc(-n2ccnc2)n1. The van der Waals surface area contributed by atoms with E-state index in [2.05, 4.69) is 37.1 Å². The second-order valence-corrected chi connectivity index (χ2v) is 5.31. The van der Waals surface area contributed by atoms with E-state index in [4.69, 9.17) is 0 Å². The molecule has 7 nitrogen and oxygen atoms in total. The van der Waals surface area contributed by atoms with Crippen LogP contribution in [0.2, 0.25) is 0 Å². The lowest BCUT2D eigenvalue weighted by molar-refractivity contribution is 0.317. The molecule has 0 amide bonds. The van der Waals surface area contributed by atoms with Gasteiger partial charge in [0.2, 0.25) is 17.8 Å². The fourth-order valence-corrected chi connectivity index (χ4v) is 2.44. The van der Waals surface area contributed by atoms with Gasteiger partial charge < -0.3 is 10.2 Å². The molecule has 1 saturated carbocycles. The first-order valence-electron chi connectivity index (χ1n) is 7.47. The summed E-state index contributed by atoms with van der Waals surface area (Å²) in [5.41, 5.74) is 0. The molecule has 1 N–H and O–H groups in total. The lowest BCUT2D eigenvalue weighted by atomic mass is 9.85. The summed E-state index contributed by atoms with van der Waals surface area (Å²) in [6, 6.07) is 0. The molecule has 0 bridgehead atoms. The van der Waals surface area contributed by atoms with Gasteiger partial charge in [0.05, 0.1) is 0 Å². The second-order valence-electron chi connectivity index (χ2n) is 5.31. The van der Waals surface area contributed by atoms with Gasteiger partial charge in [0.25, 0.3) is 0 Å². The van der Waals surface area contributed by atoms with Crippen LogP contribution in [-0.4, -0.2) is 44.6 Å². The molecule has 1 fully saturated rings. The lowest BCUT2D eigenvalue weighted by Gasteiger charge is -2.31. The van der Waals surface area contributed by atoms with E-state index in [0.717, 1.165) is 25.0 Å². The van der Waals surface area contributed by atoms with Gasteiger partial charge in [0.15, 0.2) is 0 Å². The van der Waals surface area contributed by atoms with Crippen molar-refractivity contribution in [2.45, 2.75) is 26.2 Å². The molecular formula is C14H21N7. The Morgan fingerprint density at radius 2 is 2.19 bits per heavy atom. The van der Waals surface area contributed by atoms with Crippen molar-refractivity contribution in [1.29, 1.82) is 0 Å². The summed E-state index contributed by atoms with van der Waals surface area (Å²) in [6.45, 7) is 4.05. The Balaban J connectivity index is 1.90. The van der Waals surface area contributed by atoms with Gasteiger partial charge in [-0.25, -0.2) is 4.98 Å². The largest absolute Gasteiger partial charge is 0.357 e. The van der Waals surface area contributed by atoms with E-state index >= 15 is 0 Å². The van der Waals surface area contributed by atoms with Crippen LogP contribution < -0.4 is 10.2 Å². The maximum Gasteiger partial charge on any atom is 0.241 e. The van der Waals surface area contributed by atoms with Crippen LogP contribution >= 0.6 is 0 Å². The van der Waals surface area contributed by atoms with E-state index in [-0.39, 0.29) is 0 Å². The van der Waals surface area contributed by atoms with Crippen molar-refractivity contribution in [3.05, 3.63) is 18.7 Å². The van der Waals surface area contributed by atoms with Gasteiger partial charge in [-0.05, 0) is 25.7 Å². The highest BCUT2D eigenvalue weighted by Crippen LogP contribution is 2.28. The highest BCUT2D eigenvalue weighted by Gasteiger charge is 2.22. The van der Waals surface area contributed by atoms with E-state index in [1.165, 1.54) is 19.3 Å². The zero-order valence-corrected chi connectivity index (χ0v) is 12.5. The molecule has 0 radical (unpaired) electrons. The fourth-order valence-electron chi connectivity index (χ4n) is 2.44. The van der Waals surface area contributed by atoms with Gasteiger partial charge in [0.1, 0.15) is 6.33 Å². The van der Waals surface area contributed by atoms with Crippen LogP contribution in [0.3, 0.4) is 0 Å². The van der Waals surface area contributed by atoms with Crippen LogP contribution in [0.15, 0.2) is 18.7 Å². The molecule has 0 saturated heterocycles. The van der Waals surface area contributed by atoms with E-state index < -0.39 is 0 Å². The summed E-state index contributed by atoms with van der Waals surface area (Å²) in [6.07, 6.45) is 9.22. The third-order valence-electron chi connectivity index (χ3n) is 3.94. The Kier molecular flexibility index (Phi) is 3.98. The third-order valence-corrected chi connectivity index (χ3v) is 3.94. The molecule has 112 valence electrons. The van der Waals surface area contributed by atoms with Gasteiger partial charge in [-0.15, -0.1) is 0 Å². The number of nitrogens with one attached hydrogen (secondary N) is 1. The zero-order valence-electron chi connectivity index (χ0n) is 12.5. The minimum absolute atomic E-state index is 0.579. The normalized spacial score (nSPS) is 14.8. The summed E-state index contributed by atoms with van der Waals surface area (Å²) < 4.78 is 1.79. The first-order valence-corrected chi connectivity index (χ1v) is 7.47. The van der Waals surface area contributed by atoms with Crippen molar-refractivity contribution >= 4 is 11.9 Å². The van der Waals surface area contributed by atoms with Crippen LogP contribution in [0.1, 0.15) is 26.2 Å². The Hall–Kier alpha value is -2.18. The van der Waals surface area contributed by atoms with Gasteiger partial charge in [-0.2, -0.15) is 15.0 Å². The smallest absolute Gasteiger partial charge is 0.241 e. The number of hydrogen-bond acceptors (Lipinski definition) is 6. The molecule has 0 spiro atoms. The molecule has 7 heteroatoms. The van der Waals surface area contributed by atoms with E-state index in [0.29, 0.717) is 11.9 Å². The Bertz CT molecular complexity index is 577. The highest BCUT2D eigenvalue weighted by atomic mass is 15.3. The fraction of sp³-hybridized carbons (Fsp3) is 0.571. The number of hydrogen-bond donors (Lipinski definition) is 1. The standard InChI is InChI=1S/C14H21N7/c1-3-20(9-11-5-4-6-11)13-17-12(15-2)18-14(19-13)21-8-7-16-10-21/h7-8,10-11H,3-6,9H2,1-2H3,(H,15,17,18,19). The molecule has 0 aromatic carbocycles. The molecule has 0 atom stereocenters. The number of anilines is 2. The molecule has 2 heterocycles. The highest BCUT2D eigenvalue weighted by molar-refractivity contribution is 5.40. The summed E-state index contributed by atoms with van der Waals surface area (Å²) in [5.74, 6) is 2.67. The van der Waals surface area contributed by atoms with Crippen molar-refractivity contribution in [3.63, 3.8) is 0 Å². The molecule has 21 heavy (non-hydrogen) atoms. The summed E-state index contributed by atoms with van der Waals surface area (Å²) in [4.78, 5) is 19.8. The number of imidazole rings is 1. The molecule has 2 aromatic heterocycles. The van der Waals surface area contributed by atoms with Gasteiger partial charge in [0, 0.05) is 32.5 Å². The Morgan fingerprint density at radius 1 is 1.33 bits per heavy atom. The number of aromatic nitrogens is 5. The summed E-state index contributed by atoms with van der Waals surface area (Å²) >= 11 is 0. The van der Waals surface area contributed by atoms with Crippen LogP contribution in [0.4, 0.5) is 11.9 Å². The summed E-state index contributed by atoms with van der Waals surface area (Å²) in [7, 11) is 1.82. The van der Waals surface area contributed by atoms with Crippen LogP contribution in [0, 0.1) is 5.92 Å². The second kappa shape index (κ2) is 6.07. The lowest BCUT2D eigenvalue weighted by Crippen LogP contribution is -2.34. The Morgan fingerprint density at radius 3 is 2.76 bits per heavy atom. The molecule has 3 rings (SSSR count). The first-order chi connectivity index (χ1) is 10.3. The van der Waals surface area contributed by atoms with Crippen LogP contribution in [0.25, 0.3) is 5.95 Å². The predicted octanol–water partition coefficient (Wildman–Crippen LogP) is 1.73. The van der Waals surface area contributed by atoms with E-state index in [9.17, 15) is 0 Å². The first kappa shape index (κ1) is 13.8. The number of nitrogens with zero attached hydrogens (tertiary/aromatic N) is 6. The van der Waals surface area contributed by atoms with Crippen molar-refractivity contribution in [2.24, 2.45) is 5.92 Å². The van der Waals surface area contributed by atoms with Crippen molar-refractivity contribution in [1.82, 2.24) is 24.5 Å². The van der Waals surface area contributed by atoms with Crippen LogP contribution in [0.5, 0.6) is 0 Å². The van der Waals surface area contributed by atoms with Gasteiger partial charge >= 0.3 is 0 Å². The average Bonchev–Trinajstić information content (AvgIpc) is 3.00. The van der Waals surface area contributed by atoms with Crippen molar-refractivity contribution < 1.29 is 0 Å². The molecule has 2 aromatic rings. The maximum atomic E-state index is 4.59. The monoisotopic (exact) mass is 287 g/mol.